The van der Waals surface area contributed by atoms with Crippen LogP contribution in [0, 0.1) is 0 Å². The summed E-state index contributed by atoms with van der Waals surface area (Å²) in [7, 11) is 2.11. The van der Waals surface area contributed by atoms with Crippen LogP contribution in [0.15, 0.2) is 79.0 Å². The molecule has 2 heterocycles. The number of pyridine rings is 1. The van der Waals surface area contributed by atoms with E-state index >= 15 is 0 Å². The Labute approximate surface area is 210 Å². The van der Waals surface area contributed by atoms with Crippen molar-refractivity contribution in [1.29, 1.82) is 0 Å². The molecule has 7 heteroatoms. The van der Waals surface area contributed by atoms with Crippen molar-refractivity contribution in [3.05, 3.63) is 95.7 Å². The first-order valence-corrected chi connectivity index (χ1v) is 12.0. The van der Waals surface area contributed by atoms with Gasteiger partial charge in [-0.1, -0.05) is 24.3 Å². The van der Waals surface area contributed by atoms with Crippen LogP contribution in [-0.2, 0) is 13.1 Å². The van der Waals surface area contributed by atoms with Gasteiger partial charge in [-0.3, -0.25) is 14.7 Å². The summed E-state index contributed by atoms with van der Waals surface area (Å²) in [6, 6.07) is 23.7. The minimum atomic E-state index is -0.182. The Kier molecular flexibility index (Phi) is 7.00. The summed E-state index contributed by atoms with van der Waals surface area (Å²) in [5, 5.41) is 4.07. The number of rotatable bonds is 9. The van der Waals surface area contributed by atoms with Crippen LogP contribution < -0.4 is 19.5 Å². The summed E-state index contributed by atoms with van der Waals surface area (Å²) in [5.41, 5.74) is 4.01. The zero-order chi connectivity index (χ0) is 24.9. The van der Waals surface area contributed by atoms with Crippen molar-refractivity contribution in [3.63, 3.8) is 0 Å². The minimum Gasteiger partial charge on any atom is -0.489 e. The van der Waals surface area contributed by atoms with E-state index in [9.17, 15) is 4.79 Å². The number of carbonyl (C=O) groups is 1. The number of carbonyl (C=O) groups excluding carboxylic acids is 1. The smallest absolute Gasteiger partial charge is 0.251 e. The molecular formula is C29H29N3O4. The molecular weight excluding hydrogens is 454 g/mol. The van der Waals surface area contributed by atoms with Crippen LogP contribution in [0.4, 0.5) is 0 Å². The van der Waals surface area contributed by atoms with Crippen LogP contribution in [0.1, 0.15) is 28.4 Å². The van der Waals surface area contributed by atoms with Gasteiger partial charge in [0, 0.05) is 30.2 Å². The van der Waals surface area contributed by atoms with Crippen molar-refractivity contribution in [2.45, 2.75) is 26.1 Å². The molecule has 7 nitrogen and oxygen atoms in total. The second-order valence-corrected chi connectivity index (χ2v) is 9.05. The van der Waals surface area contributed by atoms with E-state index in [1.165, 1.54) is 11.1 Å². The number of amides is 1. The Morgan fingerprint density at radius 2 is 1.78 bits per heavy atom. The van der Waals surface area contributed by atoms with Gasteiger partial charge in [0.25, 0.3) is 5.91 Å². The quantitative estimate of drug-likeness (QED) is 0.369. The monoisotopic (exact) mass is 483 g/mol. The van der Waals surface area contributed by atoms with Gasteiger partial charge >= 0.3 is 0 Å². The first-order chi connectivity index (χ1) is 17.5. The molecule has 0 fully saturated rings. The Morgan fingerprint density at radius 1 is 1.00 bits per heavy atom. The largest absolute Gasteiger partial charge is 0.489 e. The average Bonchev–Trinajstić information content (AvgIpc) is 3.36. The summed E-state index contributed by atoms with van der Waals surface area (Å²) in [6.45, 7) is 4.18. The van der Waals surface area contributed by atoms with Crippen LogP contribution >= 0.6 is 0 Å². The fourth-order valence-corrected chi connectivity index (χ4v) is 4.23. The molecule has 4 aromatic rings. The maximum atomic E-state index is 12.5. The third-order valence-electron chi connectivity index (χ3n) is 6.02. The molecule has 1 N–H and O–H groups in total. The van der Waals surface area contributed by atoms with E-state index < -0.39 is 0 Å². The predicted octanol–water partition coefficient (Wildman–Crippen LogP) is 4.79. The molecule has 1 atom stereocenters. The lowest BCUT2D eigenvalue weighted by Gasteiger charge is -2.18. The van der Waals surface area contributed by atoms with Gasteiger partial charge < -0.3 is 19.5 Å². The second-order valence-electron chi connectivity index (χ2n) is 9.05. The van der Waals surface area contributed by atoms with Gasteiger partial charge in [-0.15, -0.1) is 0 Å². The fourth-order valence-electron chi connectivity index (χ4n) is 4.23. The van der Waals surface area contributed by atoms with Gasteiger partial charge in [0.2, 0.25) is 6.79 Å². The van der Waals surface area contributed by atoms with Crippen LogP contribution in [0.5, 0.6) is 17.2 Å². The molecule has 0 spiro atoms. The van der Waals surface area contributed by atoms with Crippen LogP contribution in [0.25, 0.3) is 10.9 Å². The van der Waals surface area contributed by atoms with Crippen LogP contribution in [-0.4, -0.2) is 42.3 Å². The van der Waals surface area contributed by atoms with Crippen molar-refractivity contribution in [1.82, 2.24) is 15.2 Å². The normalized spacial score (nSPS) is 13.1. The Bertz CT molecular complexity index is 1360. The van der Waals surface area contributed by atoms with E-state index in [-0.39, 0.29) is 18.8 Å². The van der Waals surface area contributed by atoms with Gasteiger partial charge in [0.15, 0.2) is 11.5 Å². The third kappa shape index (κ3) is 5.75. The summed E-state index contributed by atoms with van der Waals surface area (Å²) in [4.78, 5) is 19.1. The van der Waals surface area contributed by atoms with Gasteiger partial charge in [-0.2, -0.15) is 0 Å². The first-order valence-electron chi connectivity index (χ1n) is 12.0. The van der Waals surface area contributed by atoms with Crippen LogP contribution in [0.2, 0.25) is 0 Å². The Balaban J connectivity index is 1.09. The van der Waals surface area contributed by atoms with E-state index in [1.54, 1.807) is 18.2 Å². The van der Waals surface area contributed by atoms with Crippen molar-refractivity contribution in [2.24, 2.45) is 0 Å². The standard InChI is InChI=1S/C29H29N3O4/c1-20(16-31-29(33)24-8-12-27-28(15-24)35-19-34-27)36-25-9-5-21(6-10-25)17-32(2)18-22-7-11-26-23(14-22)4-3-13-30-26/h3-15,20H,16-19H2,1-2H3,(H,31,33)/t20-/m1/s1. The molecule has 0 saturated carbocycles. The average molecular weight is 484 g/mol. The summed E-state index contributed by atoms with van der Waals surface area (Å²) in [5.74, 6) is 1.84. The predicted molar refractivity (Wildman–Crippen MR) is 138 cm³/mol. The number of ether oxygens (including phenoxy) is 3. The van der Waals surface area contributed by atoms with E-state index in [1.807, 2.05) is 31.3 Å². The minimum absolute atomic E-state index is 0.176. The van der Waals surface area contributed by atoms with E-state index in [4.69, 9.17) is 14.2 Å². The summed E-state index contributed by atoms with van der Waals surface area (Å²) < 4.78 is 16.6. The number of hydrogen-bond donors (Lipinski definition) is 1. The molecule has 3 aromatic carbocycles. The fraction of sp³-hybridized carbons (Fsp3) is 0.241. The van der Waals surface area contributed by atoms with Gasteiger partial charge in [-0.05, 0) is 73.6 Å². The molecule has 1 amide bonds. The molecule has 0 radical (unpaired) electrons. The Morgan fingerprint density at radius 3 is 2.64 bits per heavy atom. The molecule has 1 aliphatic heterocycles. The SMILES string of the molecule is C[C@H](CNC(=O)c1ccc2c(c1)OCO2)Oc1ccc(CN(C)Cc2ccc3ncccc3c2)cc1. The lowest BCUT2D eigenvalue weighted by atomic mass is 10.1. The lowest BCUT2D eigenvalue weighted by Crippen LogP contribution is -2.33. The lowest BCUT2D eigenvalue weighted by molar-refractivity contribution is 0.0931. The molecule has 1 aliphatic rings. The molecule has 0 saturated heterocycles. The van der Waals surface area contributed by atoms with Crippen molar-refractivity contribution >= 4 is 16.8 Å². The second kappa shape index (κ2) is 10.7. The molecule has 0 bridgehead atoms. The Hall–Kier alpha value is -4.10. The van der Waals surface area contributed by atoms with Crippen molar-refractivity contribution < 1.29 is 19.0 Å². The zero-order valence-corrected chi connectivity index (χ0v) is 20.4. The number of benzene rings is 3. The van der Waals surface area contributed by atoms with Crippen molar-refractivity contribution in [3.8, 4) is 17.2 Å². The highest BCUT2D eigenvalue weighted by Crippen LogP contribution is 2.32. The number of fused-ring (bicyclic) bond motifs is 2. The van der Waals surface area contributed by atoms with Gasteiger partial charge in [-0.25, -0.2) is 0 Å². The number of aromatic nitrogens is 1. The maximum absolute atomic E-state index is 12.5. The van der Waals surface area contributed by atoms with E-state index in [0.29, 0.717) is 23.6 Å². The molecule has 0 aliphatic carbocycles. The molecule has 184 valence electrons. The zero-order valence-electron chi connectivity index (χ0n) is 20.4. The highest BCUT2D eigenvalue weighted by Gasteiger charge is 2.16. The first kappa shape index (κ1) is 23.6. The third-order valence-corrected chi connectivity index (χ3v) is 6.02. The van der Waals surface area contributed by atoms with Gasteiger partial charge in [0.1, 0.15) is 11.9 Å². The summed E-state index contributed by atoms with van der Waals surface area (Å²) in [6.07, 6.45) is 1.64. The van der Waals surface area contributed by atoms with Crippen molar-refractivity contribution in [2.75, 3.05) is 20.4 Å². The number of hydrogen-bond acceptors (Lipinski definition) is 6. The van der Waals surface area contributed by atoms with Gasteiger partial charge in [0.05, 0.1) is 12.1 Å². The highest BCUT2D eigenvalue weighted by molar-refractivity contribution is 5.94. The molecule has 36 heavy (non-hydrogen) atoms. The maximum Gasteiger partial charge on any atom is 0.251 e. The summed E-state index contributed by atoms with van der Waals surface area (Å²) >= 11 is 0. The number of nitrogens with zero attached hydrogens (tertiary/aromatic N) is 2. The van der Waals surface area contributed by atoms with E-state index in [2.05, 4.69) is 58.6 Å². The topological polar surface area (TPSA) is 72.9 Å². The van der Waals surface area contributed by atoms with E-state index in [0.717, 1.165) is 29.7 Å². The molecule has 1 aromatic heterocycles. The number of nitrogens with one attached hydrogen (secondary N) is 1. The highest BCUT2D eigenvalue weighted by atomic mass is 16.7. The van der Waals surface area contributed by atoms with Crippen LogP contribution in [0.3, 0.4) is 0 Å². The molecule has 0 unspecified atom stereocenters. The molecule has 5 rings (SSSR count).